The third-order valence-corrected chi connectivity index (χ3v) is 12.4. The van der Waals surface area contributed by atoms with E-state index in [0.29, 0.717) is 19.3 Å². The highest BCUT2D eigenvalue weighted by molar-refractivity contribution is 5.71. The zero-order valence-electron chi connectivity index (χ0n) is 45.3. The molecule has 1 unspecified atom stereocenters. The fraction of sp³-hybridized carbons (Fsp3) is 0.730. The van der Waals surface area contributed by atoms with Gasteiger partial charge in [0.1, 0.15) is 13.2 Å². The molecule has 396 valence electrons. The number of hydrogen-bond donors (Lipinski definition) is 0. The zero-order valence-corrected chi connectivity index (χ0v) is 45.3. The van der Waals surface area contributed by atoms with Crippen molar-refractivity contribution in [3.05, 3.63) is 85.1 Å². The van der Waals surface area contributed by atoms with E-state index in [1.165, 1.54) is 109 Å². The summed E-state index contributed by atoms with van der Waals surface area (Å²) >= 11 is 0. The van der Waals surface area contributed by atoms with E-state index < -0.39 is 6.10 Å². The number of carbonyl (C=O) groups excluding carboxylic acids is 3. The van der Waals surface area contributed by atoms with Crippen LogP contribution in [0.25, 0.3) is 0 Å². The third-order valence-electron chi connectivity index (χ3n) is 12.4. The highest BCUT2D eigenvalue weighted by Crippen LogP contribution is 2.16. The number of unbranched alkanes of at least 4 members (excludes halogenated alkanes) is 27. The quantitative estimate of drug-likeness (QED) is 0.0262. The first kappa shape index (κ1) is 65.6. The van der Waals surface area contributed by atoms with Gasteiger partial charge in [-0.15, -0.1) is 0 Å². The van der Waals surface area contributed by atoms with E-state index in [2.05, 4.69) is 106 Å². The van der Waals surface area contributed by atoms with E-state index in [-0.39, 0.29) is 31.1 Å². The summed E-state index contributed by atoms with van der Waals surface area (Å²) < 4.78 is 16.8. The van der Waals surface area contributed by atoms with E-state index in [9.17, 15) is 14.4 Å². The fourth-order valence-electron chi connectivity index (χ4n) is 8.04. The summed E-state index contributed by atoms with van der Waals surface area (Å²) in [6.07, 6.45) is 74.3. The molecule has 6 nitrogen and oxygen atoms in total. The van der Waals surface area contributed by atoms with Gasteiger partial charge in [-0.05, 0) is 89.9 Å². The Kier molecular flexibility index (Phi) is 54.3. The summed E-state index contributed by atoms with van der Waals surface area (Å²) in [5.41, 5.74) is 0. The topological polar surface area (TPSA) is 78.9 Å². The maximum absolute atomic E-state index is 12.9. The Bertz CT molecular complexity index is 1330. The molecule has 0 aliphatic rings. The molecular formula is C63H108O6. The Labute approximate surface area is 426 Å². The smallest absolute Gasteiger partial charge is 0.306 e. The molecule has 0 aliphatic heterocycles. The summed E-state index contributed by atoms with van der Waals surface area (Å²) in [6.45, 7) is 6.44. The van der Waals surface area contributed by atoms with Gasteiger partial charge in [-0.2, -0.15) is 0 Å². The number of hydrogen-bond acceptors (Lipinski definition) is 6. The normalized spacial score (nSPS) is 12.7. The van der Waals surface area contributed by atoms with Gasteiger partial charge >= 0.3 is 17.9 Å². The molecule has 0 aliphatic carbocycles. The van der Waals surface area contributed by atoms with Gasteiger partial charge < -0.3 is 14.2 Å². The molecule has 69 heavy (non-hydrogen) atoms. The molecule has 0 saturated heterocycles. The highest BCUT2D eigenvalue weighted by atomic mass is 16.6. The molecule has 0 bridgehead atoms. The van der Waals surface area contributed by atoms with Crippen LogP contribution in [0.4, 0.5) is 0 Å². The molecule has 6 heteroatoms. The molecule has 0 amide bonds. The summed E-state index contributed by atoms with van der Waals surface area (Å²) in [7, 11) is 0. The minimum absolute atomic E-state index is 0.0930. The van der Waals surface area contributed by atoms with Crippen LogP contribution in [0.15, 0.2) is 85.1 Å². The lowest BCUT2D eigenvalue weighted by Crippen LogP contribution is -2.30. The van der Waals surface area contributed by atoms with Crippen LogP contribution in [0.5, 0.6) is 0 Å². The SMILES string of the molecule is CC/C=C\C/C=C\C/C=C\C/C=C\C/C=C\CCCCCC(=O)OCC(COC(=O)CCCCCCC/C=C\C/C=C\CCC)OC(=O)CCCCCCCCCCCCCCCCCCCCC. The van der Waals surface area contributed by atoms with Gasteiger partial charge in [0.2, 0.25) is 0 Å². The Hall–Kier alpha value is -3.41. The number of ether oxygens (including phenoxy) is 3. The summed E-state index contributed by atoms with van der Waals surface area (Å²) in [4.78, 5) is 38.2. The number of carbonyl (C=O) groups is 3. The minimum Gasteiger partial charge on any atom is -0.462 e. The molecule has 0 aromatic rings. The Balaban J connectivity index is 4.42. The maximum Gasteiger partial charge on any atom is 0.306 e. The van der Waals surface area contributed by atoms with Crippen LogP contribution in [0, 0.1) is 0 Å². The van der Waals surface area contributed by atoms with Crippen molar-refractivity contribution >= 4 is 17.9 Å². The van der Waals surface area contributed by atoms with E-state index >= 15 is 0 Å². The molecule has 0 rings (SSSR count). The van der Waals surface area contributed by atoms with E-state index in [4.69, 9.17) is 14.2 Å². The predicted molar refractivity (Wildman–Crippen MR) is 297 cm³/mol. The van der Waals surface area contributed by atoms with Gasteiger partial charge in [0.05, 0.1) is 0 Å². The average molecular weight is 962 g/mol. The van der Waals surface area contributed by atoms with Crippen molar-refractivity contribution in [1.82, 2.24) is 0 Å². The lowest BCUT2D eigenvalue weighted by atomic mass is 10.0. The van der Waals surface area contributed by atoms with Crippen molar-refractivity contribution in [3.63, 3.8) is 0 Å². The third kappa shape index (κ3) is 55.4. The molecule has 0 radical (unpaired) electrons. The van der Waals surface area contributed by atoms with Crippen LogP contribution in [-0.4, -0.2) is 37.2 Å². The van der Waals surface area contributed by atoms with Crippen LogP contribution in [-0.2, 0) is 28.6 Å². The summed E-state index contributed by atoms with van der Waals surface area (Å²) in [5.74, 6) is -0.931. The van der Waals surface area contributed by atoms with Crippen LogP contribution >= 0.6 is 0 Å². The number of rotatable bonds is 52. The van der Waals surface area contributed by atoms with Gasteiger partial charge in [-0.3, -0.25) is 14.4 Å². The molecule has 0 aromatic carbocycles. The second-order valence-electron chi connectivity index (χ2n) is 19.2. The molecule has 1 atom stereocenters. The standard InChI is InChI=1S/C63H108O6/c1-4-7-10-13-16-19-22-25-27-29-31-33-35-38-41-44-47-50-53-56-62(65)68-59-60(58-67-61(64)55-52-49-46-43-40-37-24-21-18-15-12-9-6-3)69-63(66)57-54-51-48-45-42-39-36-34-32-30-28-26-23-20-17-14-11-8-5-2/h7,10,12,15-16,19,21,24-25,27,31,33,38,41,60H,4-6,8-9,11,13-14,17-18,20,22-23,26,28-30,32,34-37,39-40,42-59H2,1-3H3/b10-7-,15-12-,19-16-,24-21-,27-25-,33-31-,41-38-. The minimum atomic E-state index is -0.795. The highest BCUT2D eigenvalue weighted by Gasteiger charge is 2.19. The fourth-order valence-corrected chi connectivity index (χ4v) is 8.04. The van der Waals surface area contributed by atoms with E-state index in [1.54, 1.807) is 0 Å². The van der Waals surface area contributed by atoms with Gasteiger partial charge in [0.25, 0.3) is 0 Å². The van der Waals surface area contributed by atoms with Crippen LogP contribution in [0.3, 0.4) is 0 Å². The second kappa shape index (κ2) is 57.2. The molecule has 0 saturated carbocycles. The Morgan fingerprint density at radius 2 is 0.594 bits per heavy atom. The van der Waals surface area contributed by atoms with Gasteiger partial charge in [-0.1, -0.05) is 254 Å². The van der Waals surface area contributed by atoms with Crippen molar-refractivity contribution in [3.8, 4) is 0 Å². The van der Waals surface area contributed by atoms with Crippen molar-refractivity contribution < 1.29 is 28.6 Å². The van der Waals surface area contributed by atoms with E-state index in [1.807, 2.05) is 0 Å². The number of esters is 3. The van der Waals surface area contributed by atoms with Crippen molar-refractivity contribution in [2.75, 3.05) is 13.2 Å². The molecular weight excluding hydrogens is 853 g/mol. The van der Waals surface area contributed by atoms with Crippen molar-refractivity contribution in [2.24, 2.45) is 0 Å². The van der Waals surface area contributed by atoms with Crippen molar-refractivity contribution in [2.45, 2.75) is 284 Å². The zero-order chi connectivity index (χ0) is 50.0. The monoisotopic (exact) mass is 961 g/mol. The molecule has 0 heterocycles. The van der Waals surface area contributed by atoms with Gasteiger partial charge in [0, 0.05) is 19.3 Å². The lowest BCUT2D eigenvalue weighted by molar-refractivity contribution is -0.167. The van der Waals surface area contributed by atoms with Crippen LogP contribution in [0.2, 0.25) is 0 Å². The largest absolute Gasteiger partial charge is 0.462 e. The first-order valence-corrected chi connectivity index (χ1v) is 29.1. The number of allylic oxidation sites excluding steroid dienone is 14. The van der Waals surface area contributed by atoms with Crippen molar-refractivity contribution in [1.29, 1.82) is 0 Å². The predicted octanol–water partition coefficient (Wildman–Crippen LogP) is 19.5. The lowest BCUT2D eigenvalue weighted by Gasteiger charge is -2.18. The van der Waals surface area contributed by atoms with Crippen LogP contribution in [0.1, 0.15) is 278 Å². The first-order chi connectivity index (χ1) is 34.0. The van der Waals surface area contributed by atoms with E-state index in [0.717, 1.165) is 128 Å². The molecule has 0 N–H and O–H groups in total. The Morgan fingerprint density at radius 3 is 0.957 bits per heavy atom. The van der Waals surface area contributed by atoms with Crippen LogP contribution < -0.4 is 0 Å². The molecule has 0 fully saturated rings. The molecule has 0 aromatic heterocycles. The average Bonchev–Trinajstić information content (AvgIpc) is 3.35. The molecule has 0 spiro atoms. The maximum atomic E-state index is 12.9. The van der Waals surface area contributed by atoms with Gasteiger partial charge in [0.15, 0.2) is 6.10 Å². The summed E-state index contributed by atoms with van der Waals surface area (Å²) in [6, 6.07) is 0. The first-order valence-electron chi connectivity index (χ1n) is 29.1. The Morgan fingerprint density at radius 1 is 0.304 bits per heavy atom. The summed E-state index contributed by atoms with van der Waals surface area (Å²) in [5, 5.41) is 0. The second-order valence-corrected chi connectivity index (χ2v) is 19.2. The van der Waals surface area contributed by atoms with Gasteiger partial charge in [-0.25, -0.2) is 0 Å².